The summed E-state index contributed by atoms with van der Waals surface area (Å²) in [6.07, 6.45) is -2.71. The number of nitrogens with one attached hydrogen (secondary N) is 2. The number of anilines is 2. The molecule has 0 aliphatic heterocycles. The van der Waals surface area contributed by atoms with Crippen molar-refractivity contribution in [2.24, 2.45) is 5.92 Å². The van der Waals surface area contributed by atoms with Gasteiger partial charge in [-0.15, -0.1) is 0 Å². The molecule has 4 N–H and O–H groups in total. The van der Waals surface area contributed by atoms with Crippen LogP contribution in [0.1, 0.15) is 52.0 Å². The molecule has 28 heavy (non-hydrogen) atoms. The highest BCUT2D eigenvalue weighted by Gasteiger charge is 2.35. The van der Waals surface area contributed by atoms with Crippen LogP contribution in [0.25, 0.3) is 0 Å². The number of alkyl halides is 3. The van der Waals surface area contributed by atoms with Gasteiger partial charge in [-0.1, -0.05) is 0 Å². The first-order chi connectivity index (χ1) is 12.7. The highest BCUT2D eigenvalue weighted by molar-refractivity contribution is 7.90. The largest absolute Gasteiger partial charge is 0.416 e. The maximum atomic E-state index is 12.8. The first kappa shape index (κ1) is 22.5. The third-order valence-corrected chi connectivity index (χ3v) is 7.12. The van der Waals surface area contributed by atoms with Crippen molar-refractivity contribution < 1.29 is 26.4 Å². The van der Waals surface area contributed by atoms with Crippen LogP contribution in [0.2, 0.25) is 0 Å². The molecule has 0 radical (unpaired) electrons. The summed E-state index contributed by atoms with van der Waals surface area (Å²) in [5.41, 5.74) is 4.77. The van der Waals surface area contributed by atoms with Crippen LogP contribution >= 0.6 is 0 Å². The number of rotatable bonds is 4. The Bertz CT molecular complexity index is 825. The topological polar surface area (TPSA) is 101 Å². The van der Waals surface area contributed by atoms with Gasteiger partial charge in [0.15, 0.2) is 0 Å². The number of hydrogen-bond donors (Lipinski definition) is 3. The van der Waals surface area contributed by atoms with Gasteiger partial charge in [0.1, 0.15) is 0 Å². The predicted molar refractivity (Wildman–Crippen MR) is 102 cm³/mol. The van der Waals surface area contributed by atoms with E-state index in [-0.39, 0.29) is 17.4 Å². The SMILES string of the molecule is CC(C)(C)S(=O)(=O)NC1CCC(C(=O)Nc2cc(C(F)(F)F)ccc2N)CC1. The molecular formula is C18H26F3N3O3S. The molecule has 1 aromatic carbocycles. The van der Waals surface area contributed by atoms with Crippen LogP contribution in [0.3, 0.4) is 0 Å². The minimum absolute atomic E-state index is 0.0490. The lowest BCUT2D eigenvalue weighted by Crippen LogP contribution is -2.46. The summed E-state index contributed by atoms with van der Waals surface area (Å²) in [6.45, 7) is 4.82. The molecular weight excluding hydrogens is 395 g/mol. The van der Waals surface area contributed by atoms with E-state index in [2.05, 4.69) is 10.0 Å². The zero-order valence-corrected chi connectivity index (χ0v) is 16.9. The van der Waals surface area contributed by atoms with Crippen molar-refractivity contribution in [2.45, 2.75) is 63.4 Å². The van der Waals surface area contributed by atoms with Crippen LogP contribution in [0.15, 0.2) is 18.2 Å². The second-order valence-corrected chi connectivity index (χ2v) is 10.5. The van der Waals surface area contributed by atoms with E-state index in [0.29, 0.717) is 25.7 Å². The zero-order valence-electron chi connectivity index (χ0n) is 16.1. The van der Waals surface area contributed by atoms with Crippen LogP contribution in [0.4, 0.5) is 24.5 Å². The van der Waals surface area contributed by atoms with Gasteiger partial charge in [0.05, 0.1) is 21.7 Å². The molecule has 6 nitrogen and oxygen atoms in total. The van der Waals surface area contributed by atoms with Gasteiger partial charge in [-0.05, 0) is 64.7 Å². The minimum atomic E-state index is -4.53. The van der Waals surface area contributed by atoms with E-state index in [1.807, 2.05) is 0 Å². The molecule has 0 aromatic heterocycles. The molecule has 10 heteroatoms. The fraction of sp³-hybridized carbons (Fsp3) is 0.611. The number of carbonyl (C=O) groups excluding carboxylic acids is 1. The summed E-state index contributed by atoms with van der Waals surface area (Å²) in [5.74, 6) is -0.826. The summed E-state index contributed by atoms with van der Waals surface area (Å²) >= 11 is 0. The molecule has 0 unspecified atom stereocenters. The maximum absolute atomic E-state index is 12.8. The molecule has 158 valence electrons. The Labute approximate surface area is 163 Å². The van der Waals surface area contributed by atoms with Crippen molar-refractivity contribution >= 4 is 27.3 Å². The molecule has 2 rings (SSSR count). The highest BCUT2D eigenvalue weighted by atomic mass is 32.2. The summed E-state index contributed by atoms with van der Waals surface area (Å²) in [6, 6.07) is 2.52. The second kappa shape index (κ2) is 7.90. The summed E-state index contributed by atoms with van der Waals surface area (Å²) < 4.78 is 64.7. The molecule has 0 atom stereocenters. The lowest BCUT2D eigenvalue weighted by atomic mass is 9.86. The van der Waals surface area contributed by atoms with Gasteiger partial charge >= 0.3 is 6.18 Å². The first-order valence-electron chi connectivity index (χ1n) is 9.00. The quantitative estimate of drug-likeness (QED) is 0.648. The Morgan fingerprint density at radius 3 is 2.18 bits per heavy atom. The van der Waals surface area contributed by atoms with Gasteiger partial charge in [-0.2, -0.15) is 13.2 Å². The van der Waals surface area contributed by atoms with Crippen molar-refractivity contribution in [3.8, 4) is 0 Å². The van der Waals surface area contributed by atoms with E-state index in [9.17, 15) is 26.4 Å². The van der Waals surface area contributed by atoms with E-state index >= 15 is 0 Å². The molecule has 1 aliphatic carbocycles. The van der Waals surface area contributed by atoms with E-state index in [1.54, 1.807) is 20.8 Å². The summed E-state index contributed by atoms with van der Waals surface area (Å²) in [7, 11) is -3.48. The van der Waals surface area contributed by atoms with Crippen molar-refractivity contribution in [2.75, 3.05) is 11.1 Å². The number of halogens is 3. The highest BCUT2D eigenvalue weighted by Crippen LogP contribution is 2.34. The molecule has 1 fully saturated rings. The van der Waals surface area contributed by atoms with Gasteiger partial charge in [-0.3, -0.25) is 4.79 Å². The Balaban J connectivity index is 1.98. The lowest BCUT2D eigenvalue weighted by Gasteiger charge is -2.31. The number of sulfonamides is 1. The number of nitrogens with two attached hydrogens (primary N) is 1. The van der Waals surface area contributed by atoms with Crippen LogP contribution in [-0.2, 0) is 21.0 Å². The average Bonchev–Trinajstić information content (AvgIpc) is 2.55. The Kier molecular flexibility index (Phi) is 6.34. The van der Waals surface area contributed by atoms with E-state index in [0.717, 1.165) is 18.2 Å². The van der Waals surface area contributed by atoms with E-state index in [1.165, 1.54) is 0 Å². The van der Waals surface area contributed by atoms with E-state index in [4.69, 9.17) is 5.73 Å². The molecule has 0 saturated heterocycles. The minimum Gasteiger partial charge on any atom is -0.397 e. The van der Waals surface area contributed by atoms with Gasteiger partial charge in [-0.25, -0.2) is 13.1 Å². The van der Waals surface area contributed by atoms with Gasteiger partial charge in [0.25, 0.3) is 0 Å². The number of nitrogen functional groups attached to an aromatic ring is 1. The molecule has 0 heterocycles. The van der Waals surface area contributed by atoms with Gasteiger partial charge in [0.2, 0.25) is 15.9 Å². The summed E-state index contributed by atoms with van der Waals surface area (Å²) in [4.78, 5) is 12.4. The zero-order chi connectivity index (χ0) is 21.3. The average molecular weight is 421 g/mol. The number of hydrogen-bond acceptors (Lipinski definition) is 4. The normalized spacial score (nSPS) is 21.4. The third kappa shape index (κ3) is 5.38. The monoisotopic (exact) mass is 421 g/mol. The van der Waals surface area contributed by atoms with E-state index < -0.39 is 38.3 Å². The fourth-order valence-corrected chi connectivity index (χ4v) is 3.97. The van der Waals surface area contributed by atoms with Crippen LogP contribution in [0, 0.1) is 5.92 Å². The van der Waals surface area contributed by atoms with Crippen LogP contribution in [-0.4, -0.2) is 25.1 Å². The van der Waals surface area contributed by atoms with Crippen molar-refractivity contribution in [3.63, 3.8) is 0 Å². The molecule has 1 aliphatic rings. The lowest BCUT2D eigenvalue weighted by molar-refractivity contribution is -0.137. The fourth-order valence-electron chi connectivity index (χ4n) is 2.95. The molecule has 1 aromatic rings. The van der Waals surface area contributed by atoms with Crippen molar-refractivity contribution in [1.29, 1.82) is 0 Å². The standard InChI is InChI=1S/C18H26F3N3O3S/c1-17(2,3)28(26,27)24-13-7-4-11(5-8-13)16(25)23-15-10-12(18(19,20)21)6-9-14(15)22/h6,9-11,13,24H,4-5,7-8,22H2,1-3H3,(H,23,25). The molecule has 1 saturated carbocycles. The Morgan fingerprint density at radius 1 is 1.11 bits per heavy atom. The molecule has 0 bridgehead atoms. The number of carbonyl (C=O) groups is 1. The maximum Gasteiger partial charge on any atom is 0.416 e. The third-order valence-electron chi connectivity index (χ3n) is 4.86. The second-order valence-electron chi connectivity index (χ2n) is 8.07. The van der Waals surface area contributed by atoms with Crippen LogP contribution < -0.4 is 15.8 Å². The molecule has 1 amide bonds. The van der Waals surface area contributed by atoms with Crippen LogP contribution in [0.5, 0.6) is 0 Å². The number of benzene rings is 1. The smallest absolute Gasteiger partial charge is 0.397 e. The first-order valence-corrected chi connectivity index (χ1v) is 10.5. The Morgan fingerprint density at radius 2 is 1.68 bits per heavy atom. The summed E-state index contributed by atoms with van der Waals surface area (Å²) in [5, 5.41) is 2.48. The van der Waals surface area contributed by atoms with Gasteiger partial charge < -0.3 is 11.1 Å². The van der Waals surface area contributed by atoms with Crippen molar-refractivity contribution in [3.05, 3.63) is 23.8 Å². The van der Waals surface area contributed by atoms with Gasteiger partial charge in [0, 0.05) is 12.0 Å². The van der Waals surface area contributed by atoms with Crippen molar-refractivity contribution in [1.82, 2.24) is 4.72 Å². The molecule has 0 spiro atoms. The Hall–Kier alpha value is -1.81. The number of amides is 1. The predicted octanol–water partition coefficient (Wildman–Crippen LogP) is 3.50.